The number of furan rings is 1. The highest BCUT2D eigenvalue weighted by Crippen LogP contribution is 2.47. The van der Waals surface area contributed by atoms with Crippen molar-refractivity contribution in [3.8, 4) is 5.75 Å². The molecule has 132 valence electrons. The molecule has 2 unspecified atom stereocenters. The van der Waals surface area contributed by atoms with Crippen molar-refractivity contribution < 1.29 is 23.8 Å². The lowest BCUT2D eigenvalue weighted by atomic mass is 10.1. The van der Waals surface area contributed by atoms with E-state index in [9.17, 15) is 14.7 Å². The molecule has 2 N–H and O–H groups in total. The molecule has 0 saturated heterocycles. The van der Waals surface area contributed by atoms with Crippen molar-refractivity contribution in [3.63, 3.8) is 0 Å². The summed E-state index contributed by atoms with van der Waals surface area (Å²) < 4.78 is 10.4. The zero-order valence-corrected chi connectivity index (χ0v) is 14.2. The van der Waals surface area contributed by atoms with Crippen molar-refractivity contribution in [2.24, 2.45) is 5.92 Å². The fourth-order valence-corrected chi connectivity index (χ4v) is 2.82. The number of methoxy groups -OCH3 is 1. The number of nitrogens with one attached hydrogen (secondary N) is 1. The molecule has 0 bridgehead atoms. The van der Waals surface area contributed by atoms with Gasteiger partial charge < -0.3 is 19.6 Å². The van der Waals surface area contributed by atoms with Crippen LogP contribution in [0, 0.1) is 5.92 Å². The summed E-state index contributed by atoms with van der Waals surface area (Å²) in [7, 11) is 1.23. The molecule has 1 aliphatic rings. The van der Waals surface area contributed by atoms with Crippen LogP contribution < -0.4 is 5.32 Å². The number of benzene rings is 1. The Bertz CT molecular complexity index is 795. The molecule has 6 heteroatoms. The minimum absolute atomic E-state index is 0.00882. The van der Waals surface area contributed by atoms with E-state index in [1.54, 1.807) is 6.07 Å². The summed E-state index contributed by atoms with van der Waals surface area (Å²) in [6.45, 7) is 2.19. The highest BCUT2D eigenvalue weighted by atomic mass is 16.5. The zero-order chi connectivity index (χ0) is 18.0. The van der Waals surface area contributed by atoms with E-state index >= 15 is 0 Å². The van der Waals surface area contributed by atoms with Gasteiger partial charge in [-0.3, -0.25) is 4.79 Å². The Balaban J connectivity index is 1.57. The number of aromatic hydroxyl groups is 1. The Hall–Kier alpha value is -2.76. The summed E-state index contributed by atoms with van der Waals surface area (Å²) in [5.74, 6) is 1.72. The minimum Gasteiger partial charge on any atom is -0.505 e. The average molecular weight is 343 g/mol. The fourth-order valence-electron chi connectivity index (χ4n) is 2.82. The van der Waals surface area contributed by atoms with E-state index in [1.165, 1.54) is 19.2 Å². The third-order valence-electron chi connectivity index (χ3n) is 4.47. The van der Waals surface area contributed by atoms with Crippen LogP contribution >= 0.6 is 0 Å². The monoisotopic (exact) mass is 343 g/mol. The van der Waals surface area contributed by atoms with E-state index in [2.05, 4.69) is 17.0 Å². The second-order valence-corrected chi connectivity index (χ2v) is 6.37. The Morgan fingerprint density at radius 1 is 1.32 bits per heavy atom. The second kappa shape index (κ2) is 7.01. The maximum Gasteiger partial charge on any atom is 0.341 e. The lowest BCUT2D eigenvalue weighted by Crippen LogP contribution is -2.13. The minimum atomic E-state index is -0.661. The van der Waals surface area contributed by atoms with Gasteiger partial charge in [0.25, 0.3) is 0 Å². The van der Waals surface area contributed by atoms with E-state index in [-0.39, 0.29) is 29.3 Å². The molecular weight excluding hydrogens is 322 g/mol. The summed E-state index contributed by atoms with van der Waals surface area (Å²) in [5, 5.41) is 12.7. The Labute approximate surface area is 145 Å². The van der Waals surface area contributed by atoms with Gasteiger partial charge in [-0.15, -0.1) is 0 Å². The normalized spacial score (nSPS) is 18.6. The van der Waals surface area contributed by atoms with E-state index in [1.807, 2.05) is 12.1 Å². The molecule has 6 nitrogen and oxygen atoms in total. The molecule has 0 radical (unpaired) electrons. The van der Waals surface area contributed by atoms with Crippen LogP contribution in [-0.2, 0) is 16.0 Å². The molecule has 1 aromatic heterocycles. The Kier molecular flexibility index (Phi) is 4.79. The van der Waals surface area contributed by atoms with Gasteiger partial charge in [0.1, 0.15) is 17.1 Å². The number of carbonyl (C=O) groups excluding carboxylic acids is 2. The van der Waals surface area contributed by atoms with Crippen LogP contribution in [-0.4, -0.2) is 24.1 Å². The van der Waals surface area contributed by atoms with Crippen molar-refractivity contribution in [2.75, 3.05) is 12.4 Å². The molecule has 3 rings (SSSR count). The topological polar surface area (TPSA) is 88.8 Å². The van der Waals surface area contributed by atoms with Gasteiger partial charge in [-0.05, 0) is 36.6 Å². The van der Waals surface area contributed by atoms with Crippen molar-refractivity contribution in [2.45, 2.75) is 32.1 Å². The number of para-hydroxylation sites is 1. The van der Waals surface area contributed by atoms with Crippen LogP contribution in [0.1, 0.15) is 47.6 Å². The first kappa shape index (κ1) is 17.1. The summed E-state index contributed by atoms with van der Waals surface area (Å²) >= 11 is 0. The maximum absolute atomic E-state index is 12.1. The number of aryl methyl sites for hydroxylation is 1. The highest BCUT2D eigenvalue weighted by Gasteiger charge is 2.36. The molecule has 1 fully saturated rings. The number of phenolic OH excluding ortho intramolecular Hbond substituents is 1. The van der Waals surface area contributed by atoms with Crippen molar-refractivity contribution in [1.82, 2.24) is 0 Å². The van der Waals surface area contributed by atoms with Crippen LogP contribution in [0.3, 0.4) is 0 Å². The molecule has 1 heterocycles. The number of esters is 1. The summed E-state index contributed by atoms with van der Waals surface area (Å²) in [4.78, 5) is 23.7. The SMILES string of the molecule is COC(=O)c1cccc(NC(=O)CCc2ccc(C3CC3C)o2)c1O. The molecule has 0 aliphatic heterocycles. The average Bonchev–Trinajstić information content (AvgIpc) is 3.15. The molecule has 2 aromatic rings. The number of phenols is 1. The van der Waals surface area contributed by atoms with E-state index in [0.29, 0.717) is 18.3 Å². The highest BCUT2D eigenvalue weighted by molar-refractivity contribution is 5.98. The maximum atomic E-state index is 12.1. The number of amides is 1. The summed E-state index contributed by atoms with van der Waals surface area (Å²) in [5.41, 5.74) is 0.189. The fraction of sp³-hybridized carbons (Fsp3) is 0.368. The van der Waals surface area contributed by atoms with Gasteiger partial charge in [0, 0.05) is 18.8 Å². The molecule has 0 spiro atoms. The van der Waals surface area contributed by atoms with Crippen molar-refractivity contribution >= 4 is 17.6 Å². The first-order valence-electron chi connectivity index (χ1n) is 8.28. The molecule has 2 atom stereocenters. The number of hydrogen-bond acceptors (Lipinski definition) is 5. The Morgan fingerprint density at radius 3 is 2.76 bits per heavy atom. The van der Waals surface area contributed by atoms with Crippen molar-refractivity contribution in [3.05, 3.63) is 47.4 Å². The van der Waals surface area contributed by atoms with E-state index < -0.39 is 5.97 Å². The largest absolute Gasteiger partial charge is 0.505 e. The summed E-state index contributed by atoms with van der Waals surface area (Å²) in [6.07, 6.45) is 1.85. The van der Waals surface area contributed by atoms with Crippen LogP contribution in [0.2, 0.25) is 0 Å². The van der Waals surface area contributed by atoms with Gasteiger partial charge in [-0.2, -0.15) is 0 Å². The molecule has 25 heavy (non-hydrogen) atoms. The van der Waals surface area contributed by atoms with Crippen LogP contribution in [0.25, 0.3) is 0 Å². The third kappa shape index (κ3) is 3.84. The first-order chi connectivity index (χ1) is 12.0. The lowest BCUT2D eigenvalue weighted by molar-refractivity contribution is -0.116. The van der Waals surface area contributed by atoms with Crippen LogP contribution in [0.15, 0.2) is 34.7 Å². The lowest BCUT2D eigenvalue weighted by Gasteiger charge is -2.09. The first-order valence-corrected chi connectivity index (χ1v) is 8.28. The van der Waals surface area contributed by atoms with E-state index in [0.717, 1.165) is 17.9 Å². The van der Waals surface area contributed by atoms with Crippen LogP contribution in [0.5, 0.6) is 5.75 Å². The molecule has 1 aliphatic carbocycles. The third-order valence-corrected chi connectivity index (χ3v) is 4.47. The number of anilines is 1. The molecule has 1 amide bonds. The zero-order valence-electron chi connectivity index (χ0n) is 14.2. The van der Waals surface area contributed by atoms with Gasteiger partial charge in [-0.1, -0.05) is 13.0 Å². The van der Waals surface area contributed by atoms with Gasteiger partial charge in [0.2, 0.25) is 5.91 Å². The number of ether oxygens (including phenoxy) is 1. The van der Waals surface area contributed by atoms with Gasteiger partial charge in [-0.25, -0.2) is 4.79 Å². The standard InChI is InChI=1S/C19H21NO5/c1-11-10-14(11)16-8-6-12(25-16)7-9-17(21)20-15-5-3-4-13(18(15)22)19(23)24-2/h3-6,8,11,14,22H,7,9-10H2,1-2H3,(H,20,21). The second-order valence-electron chi connectivity index (χ2n) is 6.37. The number of rotatable bonds is 6. The summed E-state index contributed by atoms with van der Waals surface area (Å²) in [6, 6.07) is 8.41. The van der Waals surface area contributed by atoms with E-state index in [4.69, 9.17) is 4.42 Å². The smallest absolute Gasteiger partial charge is 0.341 e. The van der Waals surface area contributed by atoms with Crippen LogP contribution in [0.4, 0.5) is 5.69 Å². The molecule has 1 saturated carbocycles. The van der Waals surface area contributed by atoms with Gasteiger partial charge in [0.15, 0.2) is 5.75 Å². The molecular formula is C19H21NO5. The van der Waals surface area contributed by atoms with Crippen molar-refractivity contribution in [1.29, 1.82) is 0 Å². The van der Waals surface area contributed by atoms with Gasteiger partial charge >= 0.3 is 5.97 Å². The number of carbonyl (C=O) groups is 2. The van der Waals surface area contributed by atoms with Gasteiger partial charge in [0.05, 0.1) is 12.8 Å². The molecule has 1 aromatic carbocycles. The predicted molar refractivity (Wildman–Crippen MR) is 91.6 cm³/mol. The predicted octanol–water partition coefficient (Wildman–Crippen LogP) is 3.47. The number of hydrogen-bond donors (Lipinski definition) is 2. The Morgan fingerprint density at radius 2 is 2.08 bits per heavy atom. The quantitative estimate of drug-likeness (QED) is 0.619.